The van der Waals surface area contributed by atoms with Crippen molar-refractivity contribution < 1.29 is 9.13 Å². The topological polar surface area (TPSA) is 170 Å². The van der Waals surface area contributed by atoms with Crippen LogP contribution in [0, 0.1) is 22.7 Å². The van der Waals surface area contributed by atoms with Crippen molar-refractivity contribution >= 4 is 57.3 Å². The number of anilines is 4. The minimum absolute atomic E-state index is 0.133. The molecule has 4 aliphatic heterocycles. The van der Waals surface area contributed by atoms with Gasteiger partial charge in [0.25, 0.3) is 0 Å². The third-order valence-corrected chi connectivity index (χ3v) is 12.5. The van der Waals surface area contributed by atoms with E-state index in [4.69, 9.17) is 26.2 Å². The SMILES string of the molecule is CC(c1nsnc1N)N(C)c1nc(OC[C@@]23CCCN2C[C@H](F)C3)nc(N2CC3(C2)SCc2sc(N)c(C#N)c23)c1C#N. The van der Waals surface area contributed by atoms with E-state index in [2.05, 4.69) is 25.8 Å². The Morgan fingerprint density at radius 3 is 2.72 bits per heavy atom. The van der Waals surface area contributed by atoms with Crippen molar-refractivity contribution in [2.75, 3.05) is 61.1 Å². The minimum atomic E-state index is -0.878. The van der Waals surface area contributed by atoms with Crippen LogP contribution in [0.25, 0.3) is 0 Å². The van der Waals surface area contributed by atoms with Crippen LogP contribution in [0.3, 0.4) is 0 Å². The Kier molecular flexibility index (Phi) is 6.81. The van der Waals surface area contributed by atoms with Gasteiger partial charge in [0, 0.05) is 49.3 Å². The zero-order chi connectivity index (χ0) is 30.1. The van der Waals surface area contributed by atoms with E-state index >= 15 is 0 Å². The van der Waals surface area contributed by atoms with E-state index in [1.165, 1.54) is 11.3 Å². The second-order valence-electron chi connectivity index (χ2n) is 11.7. The summed E-state index contributed by atoms with van der Waals surface area (Å²) in [6.45, 7) is 4.58. The summed E-state index contributed by atoms with van der Waals surface area (Å²) in [5, 5.41) is 20.8. The summed E-state index contributed by atoms with van der Waals surface area (Å²) in [5.74, 6) is 1.98. The number of fused-ring (bicyclic) bond motifs is 3. The molecule has 3 aromatic heterocycles. The predicted molar refractivity (Wildman–Crippen MR) is 165 cm³/mol. The number of nitrogens with two attached hydrogens (primary N) is 2. The number of alkyl halides is 1. The fourth-order valence-corrected chi connectivity index (χ4v) is 10.4. The molecule has 0 saturated carbocycles. The molecule has 16 heteroatoms. The number of thioether (sulfide) groups is 1. The van der Waals surface area contributed by atoms with Gasteiger partial charge < -0.3 is 26.0 Å². The number of hydrogen-bond donors (Lipinski definition) is 2. The summed E-state index contributed by atoms with van der Waals surface area (Å²) in [5.41, 5.74) is 14.4. The highest BCUT2D eigenvalue weighted by Crippen LogP contribution is 2.58. The maximum atomic E-state index is 14.4. The second-order valence-corrected chi connectivity index (χ2v) is 14.7. The molecule has 0 aliphatic carbocycles. The fraction of sp³-hybridized carbons (Fsp3) is 0.556. The van der Waals surface area contributed by atoms with Crippen LogP contribution in [-0.4, -0.2) is 75.2 Å². The lowest BCUT2D eigenvalue weighted by molar-refractivity contribution is 0.107. The lowest BCUT2D eigenvalue weighted by Gasteiger charge is -2.48. The first-order chi connectivity index (χ1) is 20.7. The maximum absolute atomic E-state index is 14.4. The summed E-state index contributed by atoms with van der Waals surface area (Å²) in [6, 6.07) is 4.43. The molecule has 1 spiro atoms. The monoisotopic (exact) mass is 639 g/mol. The molecule has 12 nitrogen and oxygen atoms in total. The van der Waals surface area contributed by atoms with Gasteiger partial charge in [0.1, 0.15) is 41.2 Å². The summed E-state index contributed by atoms with van der Waals surface area (Å²) in [7, 11) is 1.83. The van der Waals surface area contributed by atoms with Gasteiger partial charge in [0.15, 0.2) is 17.5 Å². The first kappa shape index (κ1) is 28.3. The first-order valence-corrected chi connectivity index (χ1v) is 16.6. The standard InChI is InChI=1S/C27H30FN11OS3/c1-14(20-21(31)36-43-35-20)37(2)23-17(8-30)24(34-25(33-23)40-13-26-4-3-5-39(26)9-15(28)6-26)38-11-27(12-38)19-16(7-29)22(32)42-18(19)10-41-27/h14-15H,3-6,9-13,32H2,1-2H3,(H2,31,36)/t14?,15-,26+/m1/s1. The van der Waals surface area contributed by atoms with Crippen LogP contribution in [0.1, 0.15) is 59.5 Å². The van der Waals surface area contributed by atoms with Crippen molar-refractivity contribution in [3.05, 3.63) is 27.3 Å². The Bertz CT molecular complexity index is 1680. The van der Waals surface area contributed by atoms with E-state index in [9.17, 15) is 14.9 Å². The van der Waals surface area contributed by atoms with Crippen LogP contribution in [0.2, 0.25) is 0 Å². The zero-order valence-electron chi connectivity index (χ0n) is 23.7. The predicted octanol–water partition coefficient (Wildman–Crippen LogP) is 3.41. The molecular formula is C27H30FN11OS3. The van der Waals surface area contributed by atoms with Gasteiger partial charge in [-0.05, 0) is 26.3 Å². The van der Waals surface area contributed by atoms with Crippen LogP contribution in [0.4, 0.5) is 26.8 Å². The lowest BCUT2D eigenvalue weighted by Crippen LogP contribution is -2.57. The zero-order valence-corrected chi connectivity index (χ0v) is 26.2. The van der Waals surface area contributed by atoms with Crippen LogP contribution >= 0.6 is 34.8 Å². The normalized spacial score (nSPS) is 24.3. The van der Waals surface area contributed by atoms with Gasteiger partial charge in [-0.25, -0.2) is 4.39 Å². The maximum Gasteiger partial charge on any atom is 0.320 e. The highest BCUT2D eigenvalue weighted by molar-refractivity contribution is 8.00. The van der Waals surface area contributed by atoms with Gasteiger partial charge >= 0.3 is 6.01 Å². The van der Waals surface area contributed by atoms with Crippen LogP contribution in [0.5, 0.6) is 6.01 Å². The molecular weight excluding hydrogens is 610 g/mol. The summed E-state index contributed by atoms with van der Waals surface area (Å²) in [6.07, 6.45) is 1.40. The van der Waals surface area contributed by atoms with Crippen LogP contribution in [0.15, 0.2) is 0 Å². The molecule has 0 amide bonds. The number of halogens is 1. The molecule has 3 atom stereocenters. The third kappa shape index (κ3) is 4.37. The summed E-state index contributed by atoms with van der Waals surface area (Å²) < 4.78 is 28.9. The molecule has 0 radical (unpaired) electrons. The van der Waals surface area contributed by atoms with Gasteiger partial charge in [-0.2, -0.15) is 29.2 Å². The summed E-state index contributed by atoms with van der Waals surface area (Å²) in [4.78, 5) is 16.7. The Labute approximate surface area is 260 Å². The van der Waals surface area contributed by atoms with Crippen molar-refractivity contribution in [3.8, 4) is 18.1 Å². The molecule has 224 valence electrons. The lowest BCUT2D eigenvalue weighted by atomic mass is 9.88. The van der Waals surface area contributed by atoms with E-state index in [0.29, 0.717) is 65.3 Å². The van der Waals surface area contributed by atoms with Gasteiger partial charge in [-0.3, -0.25) is 4.90 Å². The molecule has 7 rings (SSSR count). The van der Waals surface area contributed by atoms with Crippen LogP contribution < -0.4 is 26.0 Å². The number of thiophene rings is 1. The number of nitrogens with zero attached hydrogens (tertiary/aromatic N) is 9. The largest absolute Gasteiger partial charge is 0.461 e. The van der Waals surface area contributed by atoms with Crippen LogP contribution in [-0.2, 0) is 10.5 Å². The quantitative estimate of drug-likeness (QED) is 0.386. The highest BCUT2D eigenvalue weighted by Gasteiger charge is 2.54. The molecule has 4 N–H and O–H groups in total. The smallest absolute Gasteiger partial charge is 0.320 e. The molecule has 0 aromatic carbocycles. The average Bonchev–Trinajstić information content (AvgIpc) is 3.77. The molecule has 4 aliphatic rings. The number of rotatable bonds is 7. The fourth-order valence-electron chi connectivity index (χ4n) is 7.01. The number of ether oxygens (including phenoxy) is 1. The van der Waals surface area contributed by atoms with E-state index < -0.39 is 6.17 Å². The van der Waals surface area contributed by atoms with Gasteiger partial charge in [-0.1, -0.05) is 0 Å². The Hall–Kier alpha value is -3.44. The molecule has 1 unspecified atom stereocenters. The molecule has 3 aromatic rings. The number of nitrogen functional groups attached to an aromatic ring is 2. The van der Waals surface area contributed by atoms with Crippen molar-refractivity contribution in [3.63, 3.8) is 0 Å². The van der Waals surface area contributed by atoms with Gasteiger partial charge in [0.2, 0.25) is 0 Å². The van der Waals surface area contributed by atoms with Crippen molar-refractivity contribution in [1.82, 2.24) is 23.6 Å². The molecule has 43 heavy (non-hydrogen) atoms. The minimum Gasteiger partial charge on any atom is -0.461 e. The van der Waals surface area contributed by atoms with Crippen molar-refractivity contribution in [2.45, 2.75) is 54.4 Å². The van der Waals surface area contributed by atoms with E-state index in [-0.39, 0.29) is 28.9 Å². The van der Waals surface area contributed by atoms with E-state index in [1.54, 1.807) is 11.8 Å². The third-order valence-electron chi connectivity index (χ3n) is 9.29. The number of hydrogen-bond acceptors (Lipinski definition) is 15. The van der Waals surface area contributed by atoms with E-state index in [0.717, 1.165) is 47.3 Å². The highest BCUT2D eigenvalue weighted by atomic mass is 32.2. The second kappa shape index (κ2) is 10.3. The number of nitriles is 2. The van der Waals surface area contributed by atoms with Gasteiger partial charge in [0.05, 0.1) is 33.6 Å². The molecule has 3 fully saturated rings. The first-order valence-electron chi connectivity index (χ1n) is 14.0. The molecule has 7 heterocycles. The Balaban J connectivity index is 1.24. The van der Waals surface area contributed by atoms with Gasteiger partial charge in [-0.15, -0.1) is 23.1 Å². The van der Waals surface area contributed by atoms with Crippen molar-refractivity contribution in [2.24, 2.45) is 0 Å². The molecule has 3 saturated heterocycles. The summed E-state index contributed by atoms with van der Waals surface area (Å²) >= 11 is 4.31. The average molecular weight is 640 g/mol. The van der Waals surface area contributed by atoms with Crippen molar-refractivity contribution in [1.29, 1.82) is 10.5 Å². The number of aromatic nitrogens is 4. The Morgan fingerprint density at radius 2 is 2.00 bits per heavy atom. The molecule has 0 bridgehead atoms. The Morgan fingerprint density at radius 1 is 1.21 bits per heavy atom. The van der Waals surface area contributed by atoms with E-state index in [1.807, 2.05) is 23.8 Å².